The molecule has 1 aliphatic carbocycles. The normalized spacial score (nSPS) is 28.8. The van der Waals surface area contributed by atoms with Crippen molar-refractivity contribution in [3.63, 3.8) is 0 Å². The van der Waals surface area contributed by atoms with E-state index in [9.17, 15) is 4.79 Å². The number of H-pyrrole nitrogens is 1. The first kappa shape index (κ1) is 15.9. The van der Waals surface area contributed by atoms with Gasteiger partial charge in [-0.1, -0.05) is 6.07 Å². The third-order valence-corrected chi connectivity index (χ3v) is 6.14. The van der Waals surface area contributed by atoms with E-state index in [1.807, 2.05) is 10.6 Å². The number of rotatable bonds is 2. The standard InChI is InChI=1S/C20H28N2O2/c1-14-4-9-18-19(13-14)22(20(23)21-18)17-7-5-16(6-8-17)15-3-2-11-24-12-10-15/h4,9,13,15-17H,2-3,5-8,10-12H2,1H3,(H,21,23). The molecule has 4 nitrogen and oxygen atoms in total. The fourth-order valence-electron chi connectivity index (χ4n) is 4.83. The van der Waals surface area contributed by atoms with Gasteiger partial charge in [0.25, 0.3) is 0 Å². The molecule has 1 unspecified atom stereocenters. The number of benzene rings is 1. The first-order chi connectivity index (χ1) is 11.7. The molecule has 1 aromatic carbocycles. The van der Waals surface area contributed by atoms with E-state index < -0.39 is 0 Å². The average Bonchev–Trinajstić information content (AvgIpc) is 2.77. The van der Waals surface area contributed by atoms with Crippen molar-refractivity contribution in [2.75, 3.05) is 13.2 Å². The predicted molar refractivity (Wildman–Crippen MR) is 96.5 cm³/mol. The van der Waals surface area contributed by atoms with Crippen molar-refractivity contribution in [2.24, 2.45) is 11.8 Å². The summed E-state index contributed by atoms with van der Waals surface area (Å²) in [7, 11) is 0. The van der Waals surface area contributed by atoms with E-state index in [2.05, 4.69) is 24.0 Å². The zero-order chi connectivity index (χ0) is 16.5. The van der Waals surface area contributed by atoms with E-state index in [1.54, 1.807) is 0 Å². The Balaban J connectivity index is 1.51. The highest BCUT2D eigenvalue weighted by Gasteiger charge is 2.30. The monoisotopic (exact) mass is 328 g/mol. The van der Waals surface area contributed by atoms with Crippen molar-refractivity contribution in [3.8, 4) is 0 Å². The number of fused-ring (bicyclic) bond motifs is 1. The van der Waals surface area contributed by atoms with E-state index in [1.165, 1.54) is 37.7 Å². The zero-order valence-electron chi connectivity index (χ0n) is 14.6. The molecular weight excluding hydrogens is 300 g/mol. The van der Waals surface area contributed by atoms with E-state index >= 15 is 0 Å². The third kappa shape index (κ3) is 3.04. The summed E-state index contributed by atoms with van der Waals surface area (Å²) in [4.78, 5) is 15.5. The zero-order valence-corrected chi connectivity index (χ0v) is 14.6. The molecule has 1 saturated carbocycles. The van der Waals surface area contributed by atoms with Gasteiger partial charge in [-0.2, -0.15) is 0 Å². The molecule has 0 radical (unpaired) electrons. The lowest BCUT2D eigenvalue weighted by atomic mass is 9.75. The van der Waals surface area contributed by atoms with Crippen LogP contribution in [-0.4, -0.2) is 22.8 Å². The third-order valence-electron chi connectivity index (χ3n) is 6.14. The molecule has 1 aliphatic heterocycles. The Morgan fingerprint density at radius 1 is 1.04 bits per heavy atom. The lowest BCUT2D eigenvalue weighted by Crippen LogP contribution is -2.28. The van der Waals surface area contributed by atoms with Crippen molar-refractivity contribution < 1.29 is 4.74 Å². The van der Waals surface area contributed by atoms with Crippen LogP contribution in [0.25, 0.3) is 11.0 Å². The molecule has 1 aromatic heterocycles. The quantitative estimate of drug-likeness (QED) is 0.898. The van der Waals surface area contributed by atoms with Gasteiger partial charge < -0.3 is 9.72 Å². The largest absolute Gasteiger partial charge is 0.381 e. The summed E-state index contributed by atoms with van der Waals surface area (Å²) in [5, 5.41) is 0. The van der Waals surface area contributed by atoms with Crippen molar-refractivity contribution in [1.82, 2.24) is 9.55 Å². The molecular formula is C20H28N2O2. The van der Waals surface area contributed by atoms with Crippen LogP contribution in [0, 0.1) is 18.8 Å². The summed E-state index contributed by atoms with van der Waals surface area (Å²) in [5.74, 6) is 1.65. The Hall–Kier alpha value is -1.55. The Morgan fingerprint density at radius 3 is 2.67 bits per heavy atom. The Labute approximate surface area is 143 Å². The van der Waals surface area contributed by atoms with Crippen LogP contribution in [0.5, 0.6) is 0 Å². The maximum atomic E-state index is 12.5. The fourth-order valence-corrected chi connectivity index (χ4v) is 4.83. The fraction of sp³-hybridized carbons (Fsp3) is 0.650. The molecule has 2 fully saturated rings. The number of hydrogen-bond acceptors (Lipinski definition) is 2. The Morgan fingerprint density at radius 2 is 1.83 bits per heavy atom. The molecule has 4 heteroatoms. The van der Waals surface area contributed by atoms with Gasteiger partial charge in [-0.15, -0.1) is 0 Å². The van der Waals surface area contributed by atoms with Gasteiger partial charge in [0.15, 0.2) is 0 Å². The molecule has 130 valence electrons. The van der Waals surface area contributed by atoms with E-state index in [-0.39, 0.29) is 5.69 Å². The van der Waals surface area contributed by atoms with E-state index in [0.717, 1.165) is 48.9 Å². The first-order valence-electron chi connectivity index (χ1n) is 9.51. The summed E-state index contributed by atoms with van der Waals surface area (Å²) in [6.45, 7) is 3.97. The van der Waals surface area contributed by atoms with Gasteiger partial charge in [-0.3, -0.25) is 4.57 Å². The summed E-state index contributed by atoms with van der Waals surface area (Å²) in [6.07, 6.45) is 8.51. The highest BCUT2D eigenvalue weighted by Crippen LogP contribution is 2.39. The number of aromatic nitrogens is 2. The van der Waals surface area contributed by atoms with Gasteiger partial charge in [-0.25, -0.2) is 4.79 Å². The van der Waals surface area contributed by atoms with Crippen LogP contribution in [0.15, 0.2) is 23.0 Å². The first-order valence-corrected chi connectivity index (χ1v) is 9.51. The highest BCUT2D eigenvalue weighted by molar-refractivity contribution is 5.76. The van der Waals surface area contributed by atoms with Crippen LogP contribution < -0.4 is 5.69 Å². The van der Waals surface area contributed by atoms with Crippen LogP contribution in [-0.2, 0) is 4.74 Å². The highest BCUT2D eigenvalue weighted by atomic mass is 16.5. The maximum Gasteiger partial charge on any atom is 0.326 e. The minimum atomic E-state index is 0.0573. The lowest BCUT2D eigenvalue weighted by Gasteiger charge is -2.34. The van der Waals surface area contributed by atoms with Crippen LogP contribution in [0.3, 0.4) is 0 Å². The number of ether oxygens (including phenoxy) is 1. The number of nitrogens with one attached hydrogen (secondary N) is 1. The Bertz CT molecular complexity index is 745. The summed E-state index contributed by atoms with van der Waals surface area (Å²) in [6, 6.07) is 6.58. The number of hydrogen-bond donors (Lipinski definition) is 1. The van der Waals surface area contributed by atoms with Crippen molar-refractivity contribution in [3.05, 3.63) is 34.2 Å². The van der Waals surface area contributed by atoms with Crippen molar-refractivity contribution in [2.45, 2.75) is 57.9 Å². The molecule has 2 aromatic rings. The SMILES string of the molecule is Cc1ccc2[nH]c(=O)n(C3CCC(C4CCCOCC4)CC3)c2c1. The molecule has 2 heterocycles. The van der Waals surface area contributed by atoms with Gasteiger partial charge in [0.1, 0.15) is 0 Å². The van der Waals surface area contributed by atoms with Crippen LogP contribution in [0.1, 0.15) is 56.6 Å². The van der Waals surface area contributed by atoms with Crippen LogP contribution in [0.2, 0.25) is 0 Å². The molecule has 1 atom stereocenters. The molecule has 0 spiro atoms. The topological polar surface area (TPSA) is 47.0 Å². The minimum Gasteiger partial charge on any atom is -0.381 e. The molecule has 4 rings (SSSR count). The molecule has 1 saturated heterocycles. The second kappa shape index (κ2) is 6.75. The van der Waals surface area contributed by atoms with Crippen LogP contribution in [0.4, 0.5) is 0 Å². The van der Waals surface area contributed by atoms with E-state index in [0.29, 0.717) is 6.04 Å². The second-order valence-corrected chi connectivity index (χ2v) is 7.69. The van der Waals surface area contributed by atoms with Gasteiger partial charge in [-0.05, 0) is 81.4 Å². The number of imidazole rings is 1. The predicted octanol–water partition coefficient (Wildman–Crippen LogP) is 4.19. The van der Waals surface area contributed by atoms with Crippen molar-refractivity contribution >= 4 is 11.0 Å². The average molecular weight is 328 g/mol. The smallest absolute Gasteiger partial charge is 0.326 e. The van der Waals surface area contributed by atoms with Gasteiger partial charge in [0.05, 0.1) is 11.0 Å². The van der Waals surface area contributed by atoms with E-state index in [4.69, 9.17) is 4.74 Å². The lowest BCUT2D eigenvalue weighted by molar-refractivity contribution is 0.132. The summed E-state index contributed by atoms with van der Waals surface area (Å²) >= 11 is 0. The van der Waals surface area contributed by atoms with Gasteiger partial charge in [0.2, 0.25) is 0 Å². The van der Waals surface area contributed by atoms with Gasteiger partial charge >= 0.3 is 5.69 Å². The maximum absolute atomic E-state index is 12.5. The number of nitrogens with zero attached hydrogens (tertiary/aromatic N) is 1. The molecule has 1 N–H and O–H groups in total. The molecule has 0 bridgehead atoms. The Kier molecular flexibility index (Phi) is 4.49. The summed E-state index contributed by atoms with van der Waals surface area (Å²) in [5.41, 5.74) is 3.31. The number of aryl methyl sites for hydroxylation is 1. The molecule has 24 heavy (non-hydrogen) atoms. The molecule has 2 aliphatic rings. The summed E-state index contributed by atoms with van der Waals surface area (Å²) < 4.78 is 7.64. The molecule has 0 amide bonds. The minimum absolute atomic E-state index is 0.0573. The van der Waals surface area contributed by atoms with Crippen LogP contribution >= 0.6 is 0 Å². The van der Waals surface area contributed by atoms with Gasteiger partial charge in [0, 0.05) is 19.3 Å². The van der Waals surface area contributed by atoms with Crippen molar-refractivity contribution in [1.29, 1.82) is 0 Å². The number of aromatic amines is 1. The second-order valence-electron chi connectivity index (χ2n) is 7.69.